The average Bonchev–Trinajstić information content (AvgIpc) is 3.21. The van der Waals surface area contributed by atoms with E-state index in [9.17, 15) is 27.2 Å². The SMILES string of the molecule is CC(=O)O[C@@H](CCC1C(=O)N(c2ccc(CCCNS(C)(=O)=O)cc2)[C@@H]1c1ccc(C#CC2(OC(C)=O)COC(C)(C)OC2)cc1OCc1ccccc1)c1ccc(F)cc1. The predicted octanol–water partition coefficient (Wildman–Crippen LogP) is 7.11. The van der Waals surface area contributed by atoms with Crippen LogP contribution in [0.1, 0.15) is 86.9 Å². The Hall–Kier alpha value is -5.59. The first kappa shape index (κ1) is 44.9. The molecule has 0 spiro atoms. The van der Waals surface area contributed by atoms with E-state index in [-0.39, 0.29) is 32.1 Å². The van der Waals surface area contributed by atoms with Crippen LogP contribution in [0.25, 0.3) is 0 Å². The molecule has 0 aromatic heterocycles. The maximum atomic E-state index is 14.3. The number of β-lactam (4-membered cyclic amide) rings is 1. The van der Waals surface area contributed by atoms with Crippen LogP contribution in [0, 0.1) is 23.6 Å². The van der Waals surface area contributed by atoms with Crippen molar-refractivity contribution in [3.63, 3.8) is 0 Å². The molecular formula is C47H51FN2O10S. The fraction of sp³-hybridized carbons (Fsp3) is 0.383. The van der Waals surface area contributed by atoms with Crippen LogP contribution >= 0.6 is 0 Å². The number of hydrogen-bond acceptors (Lipinski definition) is 10. The number of carbonyl (C=O) groups excluding carboxylic acids is 3. The van der Waals surface area contributed by atoms with E-state index in [1.54, 1.807) is 36.9 Å². The van der Waals surface area contributed by atoms with Gasteiger partial charge >= 0.3 is 11.9 Å². The molecule has 2 saturated heterocycles. The van der Waals surface area contributed by atoms with Gasteiger partial charge in [-0.1, -0.05) is 66.6 Å². The minimum absolute atomic E-state index is 0.00540. The maximum Gasteiger partial charge on any atom is 0.304 e. The molecule has 1 N–H and O–H groups in total. The lowest BCUT2D eigenvalue weighted by Crippen LogP contribution is -2.55. The van der Waals surface area contributed by atoms with E-state index < -0.39 is 57.2 Å². The number of benzene rings is 4. The van der Waals surface area contributed by atoms with E-state index in [1.165, 1.54) is 26.0 Å². The first-order chi connectivity index (χ1) is 29.0. The molecule has 12 nitrogen and oxygen atoms in total. The number of anilines is 1. The number of esters is 2. The van der Waals surface area contributed by atoms with Crippen LogP contribution in [0.4, 0.5) is 10.1 Å². The highest BCUT2D eigenvalue weighted by atomic mass is 32.2. The standard InChI is InChI=1S/C47H51FN2O10S/c1-32(51)59-42(37-16-18-38(48)19-17-37)24-23-41-44(50(45(41)53)39-20-13-34(14-21-39)12-9-27-49-61(5,54)55)40-22-15-35(28-43(40)56-29-36-10-7-6-8-11-36)25-26-47(60-33(2)52)30-57-46(3,4)58-31-47/h6-8,10-11,13-22,28,41-42,44,49H,9,12,23-24,27,29-31H2,1-5H3/t41?,42-,44+/m0/s1. The maximum absolute atomic E-state index is 14.3. The van der Waals surface area contributed by atoms with Crippen molar-refractivity contribution >= 4 is 33.6 Å². The quantitative estimate of drug-likeness (QED) is 0.0536. The van der Waals surface area contributed by atoms with E-state index in [4.69, 9.17) is 23.7 Å². The zero-order valence-corrected chi connectivity index (χ0v) is 35.8. The Labute approximate surface area is 356 Å². The van der Waals surface area contributed by atoms with E-state index in [2.05, 4.69) is 16.6 Å². The molecule has 2 heterocycles. The number of amides is 1. The third kappa shape index (κ3) is 12.3. The van der Waals surface area contributed by atoms with Crippen molar-refractivity contribution in [1.82, 2.24) is 4.72 Å². The van der Waals surface area contributed by atoms with Crippen molar-refractivity contribution in [2.45, 2.75) is 83.5 Å². The molecule has 0 aliphatic carbocycles. The monoisotopic (exact) mass is 854 g/mol. The van der Waals surface area contributed by atoms with E-state index in [0.29, 0.717) is 53.9 Å². The largest absolute Gasteiger partial charge is 0.488 e. The molecule has 322 valence electrons. The zero-order valence-electron chi connectivity index (χ0n) is 34.9. The smallest absolute Gasteiger partial charge is 0.304 e. The van der Waals surface area contributed by atoms with Crippen LogP contribution in [0.2, 0.25) is 0 Å². The molecule has 0 bridgehead atoms. The molecule has 3 atom stereocenters. The summed E-state index contributed by atoms with van der Waals surface area (Å²) in [7, 11) is -3.30. The van der Waals surface area contributed by atoms with Crippen LogP contribution in [0.15, 0.2) is 97.1 Å². The highest BCUT2D eigenvalue weighted by Gasteiger charge is 2.50. The van der Waals surface area contributed by atoms with Crippen LogP contribution in [0.5, 0.6) is 5.75 Å². The number of nitrogens with zero attached hydrogens (tertiary/aromatic N) is 1. The van der Waals surface area contributed by atoms with Gasteiger partial charge in [-0.05, 0) is 98.5 Å². The minimum atomic E-state index is -3.30. The van der Waals surface area contributed by atoms with Gasteiger partial charge in [0.1, 0.15) is 37.5 Å². The summed E-state index contributed by atoms with van der Waals surface area (Å²) in [4.78, 5) is 40.4. The Balaban J connectivity index is 1.36. The second-order valence-corrected chi connectivity index (χ2v) is 17.6. The van der Waals surface area contributed by atoms with Crippen molar-refractivity contribution in [1.29, 1.82) is 0 Å². The van der Waals surface area contributed by atoms with Crippen LogP contribution in [-0.4, -0.2) is 63.7 Å². The highest BCUT2D eigenvalue weighted by molar-refractivity contribution is 7.88. The predicted molar refractivity (Wildman–Crippen MR) is 226 cm³/mol. The Kier molecular flexibility index (Phi) is 14.3. The molecule has 2 aliphatic rings. The first-order valence-electron chi connectivity index (χ1n) is 20.1. The lowest BCUT2D eigenvalue weighted by molar-refractivity contribution is -0.291. The molecule has 0 radical (unpaired) electrons. The van der Waals surface area contributed by atoms with Crippen molar-refractivity contribution in [3.8, 4) is 17.6 Å². The molecular weight excluding hydrogens is 804 g/mol. The molecule has 6 rings (SSSR count). The Morgan fingerprint density at radius 3 is 2.26 bits per heavy atom. The highest BCUT2D eigenvalue weighted by Crippen LogP contribution is 2.49. The van der Waals surface area contributed by atoms with Gasteiger partial charge < -0.3 is 28.6 Å². The summed E-state index contributed by atoms with van der Waals surface area (Å²) in [5.41, 5.74) is 3.08. The number of ether oxygens (including phenoxy) is 5. The fourth-order valence-electron chi connectivity index (χ4n) is 7.35. The lowest BCUT2D eigenvalue weighted by atomic mass is 9.77. The molecule has 2 fully saturated rings. The normalized spacial score (nSPS) is 18.5. The van der Waals surface area contributed by atoms with Crippen molar-refractivity contribution < 1.29 is 50.9 Å². The van der Waals surface area contributed by atoms with E-state index >= 15 is 0 Å². The Morgan fingerprint density at radius 2 is 1.62 bits per heavy atom. The van der Waals surface area contributed by atoms with Gasteiger partial charge in [0.15, 0.2) is 5.79 Å². The lowest BCUT2D eigenvalue weighted by Gasteiger charge is -2.48. The number of nitrogens with one attached hydrogen (secondary N) is 1. The second kappa shape index (κ2) is 19.4. The summed E-state index contributed by atoms with van der Waals surface area (Å²) in [6, 6.07) is 28.0. The van der Waals surface area contributed by atoms with E-state index in [1.807, 2.05) is 66.7 Å². The molecule has 4 aromatic carbocycles. The first-order valence-corrected chi connectivity index (χ1v) is 22.0. The van der Waals surface area contributed by atoms with Gasteiger partial charge in [0, 0.05) is 37.2 Å². The average molecular weight is 855 g/mol. The van der Waals surface area contributed by atoms with Crippen molar-refractivity contribution in [2.75, 3.05) is 30.9 Å². The van der Waals surface area contributed by atoms with Crippen LogP contribution in [-0.2, 0) is 56.4 Å². The van der Waals surface area contributed by atoms with E-state index in [0.717, 1.165) is 17.4 Å². The summed E-state index contributed by atoms with van der Waals surface area (Å²) >= 11 is 0. The molecule has 0 saturated carbocycles. The summed E-state index contributed by atoms with van der Waals surface area (Å²) < 4.78 is 69.0. The third-order valence-corrected chi connectivity index (χ3v) is 11.1. The number of aryl methyl sites for hydroxylation is 1. The van der Waals surface area contributed by atoms with Gasteiger partial charge in [0.25, 0.3) is 0 Å². The minimum Gasteiger partial charge on any atom is -0.488 e. The van der Waals surface area contributed by atoms with Crippen molar-refractivity contribution in [3.05, 3.63) is 131 Å². The number of rotatable bonds is 16. The Morgan fingerprint density at radius 1 is 0.934 bits per heavy atom. The fourth-order valence-corrected chi connectivity index (χ4v) is 7.86. The van der Waals surface area contributed by atoms with Gasteiger partial charge in [-0.2, -0.15) is 0 Å². The molecule has 61 heavy (non-hydrogen) atoms. The van der Waals surface area contributed by atoms with Crippen LogP contribution in [0.3, 0.4) is 0 Å². The number of hydrogen-bond donors (Lipinski definition) is 1. The van der Waals surface area contributed by atoms with Gasteiger partial charge in [0.2, 0.25) is 21.5 Å². The van der Waals surface area contributed by atoms with Gasteiger partial charge in [-0.3, -0.25) is 14.4 Å². The molecule has 2 aliphatic heterocycles. The summed E-state index contributed by atoms with van der Waals surface area (Å²) in [6.07, 6.45) is 2.23. The molecule has 1 amide bonds. The topological polar surface area (TPSA) is 147 Å². The van der Waals surface area contributed by atoms with Crippen molar-refractivity contribution in [2.24, 2.45) is 5.92 Å². The van der Waals surface area contributed by atoms with Gasteiger partial charge in [0.05, 0.1) is 18.2 Å². The molecule has 4 aromatic rings. The molecule has 14 heteroatoms. The summed E-state index contributed by atoms with van der Waals surface area (Å²) in [5, 5.41) is 0. The van der Waals surface area contributed by atoms with Crippen LogP contribution < -0.4 is 14.4 Å². The zero-order chi connectivity index (χ0) is 43.8. The number of halogens is 1. The summed E-state index contributed by atoms with van der Waals surface area (Å²) in [5.74, 6) is 3.68. The molecule has 1 unspecified atom stereocenters. The summed E-state index contributed by atoms with van der Waals surface area (Å²) in [6.45, 7) is 6.68. The number of sulfonamides is 1. The Bertz CT molecular complexity index is 2350. The third-order valence-electron chi connectivity index (χ3n) is 10.4. The number of carbonyl (C=O) groups is 3. The van der Waals surface area contributed by atoms with Gasteiger partial charge in [-0.15, -0.1) is 0 Å². The van der Waals surface area contributed by atoms with Gasteiger partial charge in [-0.25, -0.2) is 17.5 Å². The second-order valence-electron chi connectivity index (χ2n) is 15.8.